The van der Waals surface area contributed by atoms with Crippen LogP contribution >= 0.6 is 11.3 Å². The SMILES string of the molecule is c1ccc(-c2nc(-c3cccc(-c4cccc(-n5c6ccccc6c6ccc7c8ccccc8oc7c65)c4)c3)nc(-c3ccc4c(c3)sc3ccccc34)n2)cc1. The molecule has 0 saturated carbocycles. The molecule has 0 N–H and O–H groups in total. The van der Waals surface area contributed by atoms with Crippen molar-refractivity contribution in [1.82, 2.24) is 19.5 Å². The molecule has 5 nitrogen and oxygen atoms in total. The Labute approximate surface area is 330 Å². The van der Waals surface area contributed by atoms with Crippen molar-refractivity contribution in [2.24, 2.45) is 0 Å². The number of benzene rings is 8. The molecule has 0 amide bonds. The first-order chi connectivity index (χ1) is 28.2. The Morgan fingerprint density at radius 2 is 0.982 bits per heavy atom. The number of para-hydroxylation sites is 2. The van der Waals surface area contributed by atoms with E-state index in [1.165, 1.54) is 25.6 Å². The predicted octanol–water partition coefficient (Wildman–Crippen LogP) is 13.9. The molecule has 6 heteroatoms. The average Bonchev–Trinajstić information content (AvgIpc) is 3.96. The van der Waals surface area contributed by atoms with E-state index in [-0.39, 0.29) is 0 Å². The highest BCUT2D eigenvalue weighted by Crippen LogP contribution is 2.41. The Kier molecular flexibility index (Phi) is 7.03. The van der Waals surface area contributed by atoms with Gasteiger partial charge in [-0.05, 0) is 59.7 Å². The zero-order chi connectivity index (χ0) is 37.5. The average molecular weight is 747 g/mol. The summed E-state index contributed by atoms with van der Waals surface area (Å²) in [4.78, 5) is 15.2. The van der Waals surface area contributed by atoms with Crippen LogP contribution in [-0.2, 0) is 0 Å². The molecule has 0 spiro atoms. The van der Waals surface area contributed by atoms with Gasteiger partial charge in [-0.1, -0.05) is 133 Å². The van der Waals surface area contributed by atoms with Crippen LogP contribution in [-0.4, -0.2) is 19.5 Å². The largest absolute Gasteiger partial charge is 0.454 e. The standard InChI is InChI=1S/C51H30N4OS/c1-2-12-31(13-3-1)49-52-50(54-51(53-49)35-24-25-40-39-20-6-9-23-45(39)57-46(40)30-35)34-16-10-14-32(28-34)33-15-11-17-36(29-33)55-43-21-7-4-18-37(43)41-26-27-42-38-19-5-8-22-44(38)56-48(42)47(41)55/h1-30H. The highest BCUT2D eigenvalue weighted by atomic mass is 32.1. The number of rotatable bonds is 5. The molecule has 266 valence electrons. The number of nitrogens with zero attached hydrogens (tertiary/aromatic N) is 4. The maximum Gasteiger partial charge on any atom is 0.164 e. The van der Waals surface area contributed by atoms with Crippen molar-refractivity contribution in [1.29, 1.82) is 0 Å². The van der Waals surface area contributed by atoms with E-state index in [1.54, 1.807) is 11.3 Å². The fraction of sp³-hybridized carbons (Fsp3) is 0. The Bertz CT molecular complexity index is 3540. The summed E-state index contributed by atoms with van der Waals surface area (Å²) in [5.41, 5.74) is 10.0. The van der Waals surface area contributed by atoms with E-state index in [1.807, 2.05) is 42.5 Å². The summed E-state index contributed by atoms with van der Waals surface area (Å²) in [6.45, 7) is 0. The second kappa shape index (κ2) is 12.6. The maximum absolute atomic E-state index is 6.62. The van der Waals surface area contributed by atoms with E-state index in [0.717, 1.165) is 71.9 Å². The predicted molar refractivity (Wildman–Crippen MR) is 236 cm³/mol. The van der Waals surface area contributed by atoms with Gasteiger partial charge in [-0.25, -0.2) is 15.0 Å². The molecule has 0 aliphatic carbocycles. The Balaban J connectivity index is 1.00. The van der Waals surface area contributed by atoms with Crippen molar-refractivity contribution in [2.45, 2.75) is 0 Å². The normalized spacial score (nSPS) is 11.9. The molecule has 8 aromatic carbocycles. The number of thiophene rings is 1. The lowest BCUT2D eigenvalue weighted by Crippen LogP contribution is -2.00. The van der Waals surface area contributed by atoms with Crippen LogP contribution in [0.1, 0.15) is 0 Å². The molecule has 0 unspecified atom stereocenters. The fourth-order valence-corrected chi connectivity index (χ4v) is 9.52. The summed E-state index contributed by atoms with van der Waals surface area (Å²) in [6.07, 6.45) is 0. The van der Waals surface area contributed by atoms with Gasteiger partial charge in [0.05, 0.1) is 11.0 Å². The first-order valence-electron chi connectivity index (χ1n) is 19.0. The third kappa shape index (κ3) is 5.12. The van der Waals surface area contributed by atoms with Crippen molar-refractivity contribution in [3.8, 4) is 51.0 Å². The van der Waals surface area contributed by atoms with Crippen molar-refractivity contribution >= 4 is 75.3 Å². The highest BCUT2D eigenvalue weighted by Gasteiger charge is 2.20. The molecule has 0 fully saturated rings. The van der Waals surface area contributed by atoms with Crippen molar-refractivity contribution in [2.75, 3.05) is 0 Å². The second-order valence-corrected chi connectivity index (χ2v) is 15.5. The molecule has 4 aromatic heterocycles. The summed E-state index contributed by atoms with van der Waals surface area (Å²) < 4.78 is 11.4. The first kappa shape index (κ1) is 31.9. The van der Waals surface area contributed by atoms with Crippen LogP contribution in [0.25, 0.3) is 115 Å². The van der Waals surface area contributed by atoms with Crippen LogP contribution in [0, 0.1) is 0 Å². The molecule has 0 aliphatic heterocycles. The van der Waals surface area contributed by atoms with Gasteiger partial charge in [0.1, 0.15) is 5.58 Å². The van der Waals surface area contributed by atoms with Crippen LogP contribution in [0.2, 0.25) is 0 Å². The van der Waals surface area contributed by atoms with Crippen molar-refractivity contribution in [3.63, 3.8) is 0 Å². The van der Waals surface area contributed by atoms with Gasteiger partial charge in [0.15, 0.2) is 23.1 Å². The topological polar surface area (TPSA) is 56.7 Å². The molecule has 12 rings (SSSR count). The van der Waals surface area contributed by atoms with E-state index in [0.29, 0.717) is 17.5 Å². The number of hydrogen-bond donors (Lipinski definition) is 0. The quantitative estimate of drug-likeness (QED) is 0.176. The molecular weight excluding hydrogens is 717 g/mol. The Morgan fingerprint density at radius 1 is 0.386 bits per heavy atom. The lowest BCUT2D eigenvalue weighted by atomic mass is 10.0. The third-order valence-electron chi connectivity index (χ3n) is 11.0. The molecule has 0 atom stereocenters. The van der Waals surface area contributed by atoms with Gasteiger partial charge in [0.2, 0.25) is 0 Å². The molecule has 0 aliphatic rings. The molecule has 0 radical (unpaired) electrons. The smallest absolute Gasteiger partial charge is 0.164 e. The molecule has 0 saturated heterocycles. The lowest BCUT2D eigenvalue weighted by molar-refractivity contribution is 0.671. The van der Waals surface area contributed by atoms with Gasteiger partial charge in [0, 0.05) is 64.1 Å². The van der Waals surface area contributed by atoms with Crippen LogP contribution in [0.4, 0.5) is 0 Å². The van der Waals surface area contributed by atoms with Crippen molar-refractivity contribution in [3.05, 3.63) is 182 Å². The van der Waals surface area contributed by atoms with Crippen LogP contribution in [0.15, 0.2) is 186 Å². The number of fused-ring (bicyclic) bond motifs is 10. The van der Waals surface area contributed by atoms with Crippen LogP contribution in [0.3, 0.4) is 0 Å². The second-order valence-electron chi connectivity index (χ2n) is 14.4. The van der Waals surface area contributed by atoms with E-state index < -0.39 is 0 Å². The zero-order valence-corrected chi connectivity index (χ0v) is 31.2. The maximum atomic E-state index is 6.62. The Morgan fingerprint density at radius 3 is 1.84 bits per heavy atom. The van der Waals surface area contributed by atoms with Gasteiger partial charge < -0.3 is 8.98 Å². The van der Waals surface area contributed by atoms with E-state index >= 15 is 0 Å². The highest BCUT2D eigenvalue weighted by molar-refractivity contribution is 7.25. The number of aromatic nitrogens is 4. The fourth-order valence-electron chi connectivity index (χ4n) is 8.38. The summed E-state index contributed by atoms with van der Waals surface area (Å²) in [5.74, 6) is 1.92. The van der Waals surface area contributed by atoms with Crippen molar-refractivity contribution < 1.29 is 4.42 Å². The number of furan rings is 1. The Hall–Kier alpha value is -7.41. The third-order valence-corrected chi connectivity index (χ3v) is 12.2. The monoisotopic (exact) mass is 746 g/mol. The van der Waals surface area contributed by atoms with Gasteiger partial charge in [-0.3, -0.25) is 0 Å². The summed E-state index contributed by atoms with van der Waals surface area (Å²) >= 11 is 1.80. The van der Waals surface area contributed by atoms with Gasteiger partial charge >= 0.3 is 0 Å². The minimum atomic E-state index is 0.628. The van der Waals surface area contributed by atoms with E-state index in [2.05, 4.69) is 144 Å². The molecule has 0 bridgehead atoms. The minimum Gasteiger partial charge on any atom is -0.454 e. The van der Waals surface area contributed by atoms with E-state index in [9.17, 15) is 0 Å². The van der Waals surface area contributed by atoms with Gasteiger partial charge in [0.25, 0.3) is 0 Å². The zero-order valence-electron chi connectivity index (χ0n) is 30.4. The molecule has 4 heterocycles. The van der Waals surface area contributed by atoms with Gasteiger partial charge in [-0.2, -0.15) is 0 Å². The lowest BCUT2D eigenvalue weighted by Gasteiger charge is -2.12. The summed E-state index contributed by atoms with van der Waals surface area (Å²) in [5, 5.41) is 7.10. The number of hydrogen-bond acceptors (Lipinski definition) is 5. The molecule has 12 aromatic rings. The van der Waals surface area contributed by atoms with Crippen LogP contribution in [0.5, 0.6) is 0 Å². The van der Waals surface area contributed by atoms with E-state index in [4.69, 9.17) is 19.4 Å². The molecular formula is C51H30N4OS. The minimum absolute atomic E-state index is 0.628. The molecule has 57 heavy (non-hydrogen) atoms. The van der Waals surface area contributed by atoms with Crippen LogP contribution < -0.4 is 0 Å². The van der Waals surface area contributed by atoms with Gasteiger partial charge in [-0.15, -0.1) is 11.3 Å². The summed E-state index contributed by atoms with van der Waals surface area (Å²) in [7, 11) is 0. The summed E-state index contributed by atoms with van der Waals surface area (Å²) in [6, 6.07) is 63.8. The first-order valence-corrected chi connectivity index (χ1v) is 19.8.